The Kier molecular flexibility index (Phi) is 5.38. The second kappa shape index (κ2) is 7.55. The Labute approximate surface area is 152 Å². The van der Waals surface area contributed by atoms with Crippen LogP contribution in [0.1, 0.15) is 15.9 Å². The number of hydrogen-bond acceptors (Lipinski definition) is 5. The van der Waals surface area contributed by atoms with Crippen molar-refractivity contribution < 1.29 is 23.1 Å². The van der Waals surface area contributed by atoms with Crippen LogP contribution in [-0.2, 0) is 21.3 Å². The van der Waals surface area contributed by atoms with Crippen molar-refractivity contribution in [2.24, 2.45) is 5.73 Å². The third-order valence-corrected chi connectivity index (χ3v) is 6.16. The van der Waals surface area contributed by atoms with Crippen molar-refractivity contribution in [1.29, 1.82) is 0 Å². The highest BCUT2D eigenvalue weighted by Gasteiger charge is 2.27. The molecule has 0 radical (unpaired) electrons. The van der Waals surface area contributed by atoms with E-state index in [0.717, 1.165) is 11.1 Å². The Balaban J connectivity index is 2.07. The maximum atomic E-state index is 12.9. The average Bonchev–Trinajstić information content (AvgIpc) is 2.68. The quantitative estimate of drug-likeness (QED) is 0.819. The van der Waals surface area contributed by atoms with Crippen LogP contribution >= 0.6 is 0 Å². The Morgan fingerprint density at radius 2 is 1.73 bits per heavy atom. The molecule has 0 amide bonds. The molecule has 0 unspecified atom stereocenters. The van der Waals surface area contributed by atoms with Crippen molar-refractivity contribution in [2.45, 2.75) is 11.4 Å². The van der Waals surface area contributed by atoms with Crippen LogP contribution in [0, 0.1) is 0 Å². The Bertz CT molecular complexity index is 904. The van der Waals surface area contributed by atoms with E-state index < -0.39 is 16.0 Å². The molecule has 0 saturated carbocycles. The summed E-state index contributed by atoms with van der Waals surface area (Å²) in [5, 5.41) is 9.39. The molecule has 8 heteroatoms. The Morgan fingerprint density at radius 3 is 2.31 bits per heavy atom. The van der Waals surface area contributed by atoms with E-state index in [0.29, 0.717) is 25.3 Å². The summed E-state index contributed by atoms with van der Waals surface area (Å²) in [7, 11) is -3.79. The minimum absolute atomic E-state index is 0.0304. The summed E-state index contributed by atoms with van der Waals surface area (Å²) >= 11 is 0. The van der Waals surface area contributed by atoms with Crippen LogP contribution in [0.3, 0.4) is 0 Å². The lowest BCUT2D eigenvalue weighted by Gasteiger charge is -2.26. The van der Waals surface area contributed by atoms with Crippen LogP contribution in [0.5, 0.6) is 0 Å². The molecule has 1 aliphatic heterocycles. The summed E-state index contributed by atoms with van der Waals surface area (Å²) in [4.78, 5) is 11.5. The predicted molar refractivity (Wildman–Crippen MR) is 96.3 cm³/mol. The number of nitrogens with two attached hydrogens (primary N) is 1. The molecule has 1 aliphatic rings. The first-order chi connectivity index (χ1) is 12.4. The summed E-state index contributed by atoms with van der Waals surface area (Å²) in [6.45, 7) is 1.54. The van der Waals surface area contributed by atoms with Gasteiger partial charge in [-0.3, -0.25) is 0 Å². The number of ether oxygens (including phenoxy) is 1. The highest BCUT2D eigenvalue weighted by molar-refractivity contribution is 7.89. The molecule has 2 aromatic carbocycles. The Morgan fingerprint density at radius 1 is 1.08 bits per heavy atom. The second-order valence-corrected chi connectivity index (χ2v) is 7.91. The van der Waals surface area contributed by atoms with E-state index in [1.165, 1.54) is 22.5 Å². The number of morpholine rings is 1. The summed E-state index contributed by atoms with van der Waals surface area (Å²) in [5.74, 6) is -1.18. The molecule has 138 valence electrons. The summed E-state index contributed by atoms with van der Waals surface area (Å²) in [6.07, 6.45) is 0. The first-order valence-corrected chi connectivity index (χ1v) is 9.61. The van der Waals surface area contributed by atoms with Gasteiger partial charge in [0.15, 0.2) is 0 Å². The average molecular weight is 376 g/mol. The summed E-state index contributed by atoms with van der Waals surface area (Å²) in [5.41, 5.74) is 7.71. The first kappa shape index (κ1) is 18.5. The maximum absolute atomic E-state index is 12.9. The smallest absolute Gasteiger partial charge is 0.335 e. The van der Waals surface area contributed by atoms with Gasteiger partial charge in [0.05, 0.1) is 23.7 Å². The molecule has 0 aromatic heterocycles. The molecule has 3 N–H and O–H groups in total. The SMILES string of the molecule is NCc1ccc(-c2cc(C(=O)O)cc(S(=O)(=O)N3CCOCC3)c2)cc1. The number of sulfonamides is 1. The lowest BCUT2D eigenvalue weighted by Crippen LogP contribution is -2.40. The molecule has 26 heavy (non-hydrogen) atoms. The minimum atomic E-state index is -3.79. The van der Waals surface area contributed by atoms with Gasteiger partial charge in [-0.25, -0.2) is 13.2 Å². The van der Waals surface area contributed by atoms with Gasteiger partial charge in [-0.1, -0.05) is 24.3 Å². The molecule has 0 aliphatic carbocycles. The van der Waals surface area contributed by atoms with Gasteiger partial charge in [0, 0.05) is 19.6 Å². The number of carboxylic acids is 1. The van der Waals surface area contributed by atoms with Gasteiger partial charge in [-0.15, -0.1) is 0 Å². The maximum Gasteiger partial charge on any atom is 0.335 e. The fourth-order valence-corrected chi connectivity index (χ4v) is 4.29. The van der Waals surface area contributed by atoms with E-state index in [2.05, 4.69) is 0 Å². The highest BCUT2D eigenvalue weighted by Crippen LogP contribution is 2.27. The van der Waals surface area contributed by atoms with Gasteiger partial charge < -0.3 is 15.6 Å². The number of benzene rings is 2. The molecule has 0 atom stereocenters. The third kappa shape index (κ3) is 3.78. The molecule has 1 heterocycles. The zero-order chi connectivity index (χ0) is 18.7. The van der Waals surface area contributed by atoms with Crippen molar-refractivity contribution in [2.75, 3.05) is 26.3 Å². The monoisotopic (exact) mass is 376 g/mol. The zero-order valence-corrected chi connectivity index (χ0v) is 14.9. The fraction of sp³-hybridized carbons (Fsp3) is 0.278. The molecular formula is C18H20N2O5S. The topological polar surface area (TPSA) is 110 Å². The number of hydrogen-bond donors (Lipinski definition) is 2. The standard InChI is InChI=1S/C18H20N2O5S/c19-12-13-1-3-14(4-2-13)15-9-16(18(21)22)11-17(10-15)26(23,24)20-5-7-25-8-6-20/h1-4,9-11H,5-8,12,19H2,(H,21,22). The van der Waals surface area contributed by atoms with E-state index >= 15 is 0 Å². The molecule has 2 aromatic rings. The van der Waals surface area contributed by atoms with E-state index in [1.807, 2.05) is 12.1 Å². The van der Waals surface area contributed by atoms with Crippen molar-refractivity contribution in [3.8, 4) is 11.1 Å². The molecule has 0 spiro atoms. The summed E-state index contributed by atoms with van der Waals surface area (Å²) < 4.78 is 32.3. The van der Waals surface area contributed by atoms with Gasteiger partial charge in [0.1, 0.15) is 0 Å². The number of carboxylic acid groups (broad SMARTS) is 1. The number of rotatable bonds is 5. The van der Waals surface area contributed by atoms with E-state index in [4.69, 9.17) is 10.5 Å². The normalized spacial score (nSPS) is 15.7. The van der Waals surface area contributed by atoms with Crippen molar-refractivity contribution in [3.63, 3.8) is 0 Å². The zero-order valence-electron chi connectivity index (χ0n) is 14.1. The van der Waals surface area contributed by atoms with E-state index in [-0.39, 0.29) is 23.5 Å². The lowest BCUT2D eigenvalue weighted by molar-refractivity contribution is 0.0696. The van der Waals surface area contributed by atoms with Crippen LogP contribution in [0.15, 0.2) is 47.4 Å². The molecule has 3 rings (SSSR count). The minimum Gasteiger partial charge on any atom is -0.478 e. The predicted octanol–water partition coefficient (Wildman–Crippen LogP) is 1.53. The van der Waals surface area contributed by atoms with Crippen LogP contribution in [0.4, 0.5) is 0 Å². The Hall–Kier alpha value is -2.26. The van der Waals surface area contributed by atoms with Gasteiger partial charge in [0.2, 0.25) is 10.0 Å². The molecule has 1 fully saturated rings. The summed E-state index contributed by atoms with van der Waals surface area (Å²) in [6, 6.07) is 11.4. The van der Waals surface area contributed by atoms with Crippen molar-refractivity contribution in [3.05, 3.63) is 53.6 Å². The lowest BCUT2D eigenvalue weighted by atomic mass is 10.0. The fourth-order valence-electron chi connectivity index (χ4n) is 2.81. The number of aromatic carboxylic acids is 1. The molecule has 7 nitrogen and oxygen atoms in total. The van der Waals surface area contributed by atoms with E-state index in [9.17, 15) is 18.3 Å². The van der Waals surface area contributed by atoms with Crippen molar-refractivity contribution >= 4 is 16.0 Å². The number of nitrogens with zero attached hydrogens (tertiary/aromatic N) is 1. The second-order valence-electron chi connectivity index (χ2n) is 5.97. The van der Waals surface area contributed by atoms with Crippen LogP contribution < -0.4 is 5.73 Å². The first-order valence-electron chi connectivity index (χ1n) is 8.17. The van der Waals surface area contributed by atoms with Gasteiger partial charge in [0.25, 0.3) is 0 Å². The van der Waals surface area contributed by atoms with Gasteiger partial charge in [-0.05, 0) is 34.9 Å². The molecule has 1 saturated heterocycles. The van der Waals surface area contributed by atoms with Crippen molar-refractivity contribution in [1.82, 2.24) is 4.31 Å². The van der Waals surface area contributed by atoms with E-state index in [1.54, 1.807) is 12.1 Å². The van der Waals surface area contributed by atoms with Crippen LogP contribution in [0.2, 0.25) is 0 Å². The molecule has 0 bridgehead atoms. The van der Waals surface area contributed by atoms with Gasteiger partial charge in [-0.2, -0.15) is 4.31 Å². The third-order valence-electron chi connectivity index (χ3n) is 4.28. The van der Waals surface area contributed by atoms with Crippen LogP contribution in [-0.4, -0.2) is 50.1 Å². The molecular weight excluding hydrogens is 356 g/mol. The highest BCUT2D eigenvalue weighted by atomic mass is 32.2. The van der Waals surface area contributed by atoms with Crippen LogP contribution in [0.25, 0.3) is 11.1 Å². The largest absolute Gasteiger partial charge is 0.478 e. The number of carbonyl (C=O) groups is 1. The van der Waals surface area contributed by atoms with Gasteiger partial charge >= 0.3 is 5.97 Å².